The molecule has 2 rings (SSSR count). The smallest absolute Gasteiger partial charge is 0.414 e. The molecule has 2 amide bonds. The molecule has 0 aliphatic rings. The summed E-state index contributed by atoms with van der Waals surface area (Å²) in [6.07, 6.45) is -1.46. The lowest BCUT2D eigenvalue weighted by Crippen LogP contribution is -2.40. The van der Waals surface area contributed by atoms with Crippen LogP contribution in [0.4, 0.5) is 10.5 Å². The van der Waals surface area contributed by atoms with E-state index in [4.69, 9.17) is 16.7 Å². The van der Waals surface area contributed by atoms with Gasteiger partial charge in [0, 0.05) is 11.6 Å². The third-order valence-electron chi connectivity index (χ3n) is 4.61. The number of benzene rings is 2. The van der Waals surface area contributed by atoms with Gasteiger partial charge in [-0.2, -0.15) is 15.6 Å². The summed E-state index contributed by atoms with van der Waals surface area (Å²) in [7, 11) is 0. The Bertz CT molecular complexity index is 1090. The van der Waals surface area contributed by atoms with E-state index in [1.165, 1.54) is 6.92 Å². The zero-order valence-corrected chi connectivity index (χ0v) is 17.9. The van der Waals surface area contributed by atoms with Crippen LogP contribution >= 0.6 is 11.6 Å². The maximum atomic E-state index is 12.2. The molecular weight excluding hydrogens is 418 g/mol. The number of imide groups is 1. The molecule has 2 N–H and O–H groups in total. The monoisotopic (exact) mass is 437 g/mol. The second-order valence-electron chi connectivity index (χ2n) is 6.65. The van der Waals surface area contributed by atoms with Gasteiger partial charge in [-0.3, -0.25) is 10.2 Å². The molecule has 0 saturated carbocycles. The Morgan fingerprint density at radius 1 is 1.19 bits per heavy atom. The molecule has 0 saturated heterocycles. The van der Waals surface area contributed by atoms with E-state index in [0.717, 1.165) is 22.3 Å². The number of rotatable bonds is 6. The normalized spacial score (nSPS) is 11.7. The number of carbonyl (C=O) groups is 2. The summed E-state index contributed by atoms with van der Waals surface area (Å²) in [5.74, 6) is -1.51. The van der Waals surface area contributed by atoms with E-state index < -0.39 is 23.6 Å². The lowest BCUT2D eigenvalue weighted by Gasteiger charge is -2.18. The summed E-state index contributed by atoms with van der Waals surface area (Å²) in [5.41, 5.74) is 5.80. The van der Waals surface area contributed by atoms with Crippen molar-refractivity contribution < 1.29 is 14.7 Å². The van der Waals surface area contributed by atoms with Crippen molar-refractivity contribution in [3.8, 4) is 12.1 Å². The maximum absolute atomic E-state index is 12.2. The predicted molar refractivity (Wildman–Crippen MR) is 117 cm³/mol. The number of amides is 2. The van der Waals surface area contributed by atoms with Gasteiger partial charge in [0.05, 0.1) is 17.7 Å². The summed E-state index contributed by atoms with van der Waals surface area (Å²) < 4.78 is 0. The third-order valence-corrected chi connectivity index (χ3v) is 4.86. The minimum atomic E-state index is -1.46. The van der Waals surface area contributed by atoms with Gasteiger partial charge in [-0.05, 0) is 67.3 Å². The number of nitrogens with one attached hydrogen (secondary N) is 1. The number of carboxylic acid groups (broad SMARTS) is 1. The van der Waals surface area contributed by atoms with Crippen molar-refractivity contribution in [3.63, 3.8) is 0 Å². The van der Waals surface area contributed by atoms with Crippen molar-refractivity contribution in [2.24, 2.45) is 5.10 Å². The first-order valence-corrected chi connectivity index (χ1v) is 9.66. The van der Waals surface area contributed by atoms with Crippen molar-refractivity contribution in [2.45, 2.75) is 26.7 Å². The summed E-state index contributed by atoms with van der Waals surface area (Å²) in [5, 5.41) is 32.4. The van der Waals surface area contributed by atoms with E-state index in [1.54, 1.807) is 42.5 Å². The number of carbonyl (C=O) groups excluding carboxylic acids is 1. The predicted octanol–water partition coefficient (Wildman–Crippen LogP) is 4.43. The number of nitrogens with zero attached hydrogens (tertiary/aromatic N) is 4. The van der Waals surface area contributed by atoms with E-state index in [1.807, 2.05) is 13.8 Å². The first-order chi connectivity index (χ1) is 14.7. The van der Waals surface area contributed by atoms with Crippen LogP contribution in [-0.4, -0.2) is 34.3 Å². The Morgan fingerprint density at radius 2 is 1.77 bits per heavy atom. The van der Waals surface area contributed by atoms with Crippen LogP contribution in [0.5, 0.6) is 0 Å². The number of anilines is 1. The fraction of sp³-hybridized carbons (Fsp3) is 0.227. The highest BCUT2D eigenvalue weighted by Gasteiger charge is 2.24. The highest BCUT2D eigenvalue weighted by Crippen LogP contribution is 2.32. The number of aryl methyl sites for hydroxylation is 2. The zero-order chi connectivity index (χ0) is 23.1. The first-order valence-electron chi connectivity index (χ1n) is 9.28. The second-order valence-corrected chi connectivity index (χ2v) is 7.09. The molecule has 0 radical (unpaired) electrons. The van der Waals surface area contributed by atoms with Gasteiger partial charge in [0.25, 0.3) is 5.91 Å². The minimum absolute atomic E-state index is 0.109. The van der Waals surface area contributed by atoms with Crippen molar-refractivity contribution in [3.05, 3.63) is 63.7 Å². The van der Waals surface area contributed by atoms with E-state index in [-0.39, 0.29) is 6.54 Å². The van der Waals surface area contributed by atoms with Gasteiger partial charge in [0.1, 0.15) is 6.07 Å². The first kappa shape index (κ1) is 23.4. The molecule has 0 aromatic heterocycles. The standard InChI is InChI=1S/C22H20ClN5O3/c1-4-28(22(30)31)21(29)19(12-25)27-26-17-9-13(2)20(14(3)10-17)18(11-24)15-5-7-16(23)8-6-15/h5-10,18,26H,4H2,1-3H3,(H,30,31)/b27-19+. The molecule has 0 heterocycles. The third kappa shape index (κ3) is 5.39. The van der Waals surface area contributed by atoms with Crippen LogP contribution in [0.2, 0.25) is 5.02 Å². The Morgan fingerprint density at radius 3 is 2.23 bits per heavy atom. The number of hydrazone groups is 1. The fourth-order valence-corrected chi connectivity index (χ4v) is 3.32. The molecule has 2 aromatic rings. The highest BCUT2D eigenvalue weighted by atomic mass is 35.5. The van der Waals surface area contributed by atoms with E-state index >= 15 is 0 Å². The molecule has 9 heteroatoms. The molecular formula is C22H20ClN5O3. The second kappa shape index (κ2) is 10.2. The summed E-state index contributed by atoms with van der Waals surface area (Å²) >= 11 is 5.94. The summed E-state index contributed by atoms with van der Waals surface area (Å²) in [6.45, 7) is 5.06. The lowest BCUT2D eigenvalue weighted by atomic mass is 9.86. The molecule has 0 aliphatic carbocycles. The number of hydrogen-bond donors (Lipinski definition) is 2. The molecule has 158 valence electrons. The summed E-state index contributed by atoms with van der Waals surface area (Å²) in [4.78, 5) is 23.8. The van der Waals surface area contributed by atoms with Crippen LogP contribution in [0.25, 0.3) is 0 Å². The van der Waals surface area contributed by atoms with Gasteiger partial charge in [0.15, 0.2) is 0 Å². The van der Waals surface area contributed by atoms with Crippen LogP contribution in [0.1, 0.15) is 35.1 Å². The highest BCUT2D eigenvalue weighted by molar-refractivity contribution is 6.46. The average Bonchev–Trinajstić information content (AvgIpc) is 2.72. The minimum Gasteiger partial charge on any atom is -0.465 e. The summed E-state index contributed by atoms with van der Waals surface area (Å²) in [6, 6.07) is 14.5. The molecule has 2 aromatic carbocycles. The Kier molecular flexibility index (Phi) is 7.73. The topological polar surface area (TPSA) is 130 Å². The molecule has 0 aliphatic heterocycles. The molecule has 0 spiro atoms. The van der Waals surface area contributed by atoms with Crippen LogP contribution in [0.15, 0.2) is 41.5 Å². The molecule has 1 atom stereocenters. The molecule has 8 nitrogen and oxygen atoms in total. The van der Waals surface area contributed by atoms with Crippen molar-refractivity contribution in [1.82, 2.24) is 4.90 Å². The van der Waals surface area contributed by atoms with Crippen LogP contribution < -0.4 is 5.43 Å². The van der Waals surface area contributed by atoms with Gasteiger partial charge >= 0.3 is 6.09 Å². The molecule has 31 heavy (non-hydrogen) atoms. The largest absolute Gasteiger partial charge is 0.465 e. The maximum Gasteiger partial charge on any atom is 0.414 e. The zero-order valence-electron chi connectivity index (χ0n) is 17.2. The molecule has 1 unspecified atom stereocenters. The van der Waals surface area contributed by atoms with Gasteiger partial charge in [-0.15, -0.1) is 0 Å². The Hall–Kier alpha value is -3.88. The van der Waals surface area contributed by atoms with E-state index in [9.17, 15) is 20.1 Å². The lowest BCUT2D eigenvalue weighted by molar-refractivity contribution is -0.121. The van der Waals surface area contributed by atoms with Gasteiger partial charge in [-0.1, -0.05) is 23.7 Å². The number of hydrogen-bond acceptors (Lipinski definition) is 6. The van der Waals surface area contributed by atoms with E-state index in [0.29, 0.717) is 15.6 Å². The molecule has 0 fully saturated rings. The van der Waals surface area contributed by atoms with Gasteiger partial charge in [-0.25, -0.2) is 9.69 Å². The number of nitriles is 2. The van der Waals surface area contributed by atoms with Crippen molar-refractivity contribution in [1.29, 1.82) is 10.5 Å². The van der Waals surface area contributed by atoms with Crippen molar-refractivity contribution >= 4 is 35.0 Å². The van der Waals surface area contributed by atoms with E-state index in [2.05, 4.69) is 16.6 Å². The quantitative estimate of drug-likeness (QED) is 0.507. The average molecular weight is 438 g/mol. The number of halogens is 1. The molecule has 0 bridgehead atoms. The van der Waals surface area contributed by atoms with Crippen LogP contribution in [0, 0.1) is 36.5 Å². The van der Waals surface area contributed by atoms with Crippen LogP contribution in [0.3, 0.4) is 0 Å². The van der Waals surface area contributed by atoms with Gasteiger partial charge in [0.2, 0.25) is 5.71 Å². The van der Waals surface area contributed by atoms with Gasteiger partial charge < -0.3 is 5.11 Å². The van der Waals surface area contributed by atoms with Crippen LogP contribution in [-0.2, 0) is 4.79 Å². The Balaban J connectivity index is 2.35. The van der Waals surface area contributed by atoms with Crippen molar-refractivity contribution in [2.75, 3.05) is 12.0 Å². The SMILES string of the molecule is CCN(C(=O)O)C(=O)/C(C#N)=N/Nc1cc(C)c(C(C#N)c2ccc(Cl)cc2)c(C)c1. The fourth-order valence-electron chi connectivity index (χ4n) is 3.19. The Labute approximate surface area is 185 Å².